The van der Waals surface area contributed by atoms with Gasteiger partial charge in [0.1, 0.15) is 0 Å². The summed E-state index contributed by atoms with van der Waals surface area (Å²) in [5, 5.41) is 9.17. The summed E-state index contributed by atoms with van der Waals surface area (Å²) in [6.45, 7) is 0.328. The molecule has 0 aromatic carbocycles. The van der Waals surface area contributed by atoms with E-state index in [0.717, 1.165) is 12.8 Å². The van der Waals surface area contributed by atoms with Gasteiger partial charge in [-0.25, -0.2) is 0 Å². The first-order valence-corrected chi connectivity index (χ1v) is 4.37. The summed E-state index contributed by atoms with van der Waals surface area (Å²) in [6.07, 6.45) is 11.9. The minimum absolute atomic E-state index is 0.201. The van der Waals surface area contributed by atoms with Gasteiger partial charge < -0.3 is 5.11 Å². The zero-order valence-corrected chi connectivity index (χ0v) is 6.97. The number of aliphatic hydroxyl groups excluding tert-OH is 1. The van der Waals surface area contributed by atoms with E-state index in [2.05, 4.69) is 5.92 Å². The van der Waals surface area contributed by atoms with Crippen LogP contribution < -0.4 is 0 Å². The Hall–Kier alpha value is -0.480. The SMILES string of the molecule is C#CCCC1(CO)CCCC1. The average Bonchev–Trinajstić information content (AvgIpc) is 2.50. The van der Waals surface area contributed by atoms with Crippen molar-refractivity contribution >= 4 is 0 Å². The lowest BCUT2D eigenvalue weighted by Gasteiger charge is -2.24. The van der Waals surface area contributed by atoms with Crippen LogP contribution >= 0.6 is 0 Å². The van der Waals surface area contributed by atoms with Crippen LogP contribution in [0.1, 0.15) is 38.5 Å². The second kappa shape index (κ2) is 3.78. The van der Waals surface area contributed by atoms with Gasteiger partial charge in [0.25, 0.3) is 0 Å². The normalized spacial score (nSPS) is 21.5. The Morgan fingerprint density at radius 3 is 2.45 bits per heavy atom. The van der Waals surface area contributed by atoms with Gasteiger partial charge in [0, 0.05) is 13.0 Å². The first-order valence-electron chi connectivity index (χ1n) is 4.37. The molecule has 1 saturated carbocycles. The van der Waals surface area contributed by atoms with Crippen LogP contribution in [0.5, 0.6) is 0 Å². The fourth-order valence-corrected chi connectivity index (χ4v) is 1.95. The van der Waals surface area contributed by atoms with Crippen LogP contribution in [0.4, 0.5) is 0 Å². The largest absolute Gasteiger partial charge is 0.396 e. The molecule has 0 bridgehead atoms. The van der Waals surface area contributed by atoms with Gasteiger partial charge in [-0.3, -0.25) is 0 Å². The van der Waals surface area contributed by atoms with Crippen molar-refractivity contribution in [1.29, 1.82) is 0 Å². The zero-order chi connectivity index (χ0) is 8.16. The van der Waals surface area contributed by atoms with E-state index in [9.17, 15) is 5.11 Å². The Kier molecular flexibility index (Phi) is 2.96. The van der Waals surface area contributed by atoms with Gasteiger partial charge in [0.05, 0.1) is 0 Å². The predicted octanol–water partition coefficient (Wildman–Crippen LogP) is 1.95. The highest BCUT2D eigenvalue weighted by atomic mass is 16.3. The van der Waals surface area contributed by atoms with Gasteiger partial charge in [-0.15, -0.1) is 12.3 Å². The molecular formula is C10H16O. The van der Waals surface area contributed by atoms with Crippen LogP contribution in [-0.2, 0) is 0 Å². The van der Waals surface area contributed by atoms with Gasteiger partial charge in [-0.2, -0.15) is 0 Å². The molecule has 0 aliphatic heterocycles. The second-order valence-corrected chi connectivity index (χ2v) is 3.57. The van der Waals surface area contributed by atoms with Crippen LogP contribution in [0.25, 0.3) is 0 Å². The molecule has 0 atom stereocenters. The van der Waals surface area contributed by atoms with E-state index >= 15 is 0 Å². The number of aliphatic hydroxyl groups is 1. The lowest BCUT2D eigenvalue weighted by molar-refractivity contribution is 0.122. The maximum Gasteiger partial charge on any atom is 0.0487 e. The summed E-state index contributed by atoms with van der Waals surface area (Å²) in [4.78, 5) is 0. The maximum absolute atomic E-state index is 9.17. The Labute approximate surface area is 68.8 Å². The topological polar surface area (TPSA) is 20.2 Å². The van der Waals surface area contributed by atoms with E-state index < -0.39 is 0 Å². The Morgan fingerprint density at radius 2 is 2.00 bits per heavy atom. The third-order valence-corrected chi connectivity index (χ3v) is 2.80. The lowest BCUT2D eigenvalue weighted by atomic mass is 9.83. The molecule has 1 aliphatic carbocycles. The minimum Gasteiger partial charge on any atom is -0.396 e. The van der Waals surface area contributed by atoms with E-state index in [0.29, 0.717) is 6.61 Å². The molecule has 0 spiro atoms. The number of terminal acetylenes is 1. The molecule has 0 aromatic rings. The van der Waals surface area contributed by atoms with Gasteiger partial charge in [0.15, 0.2) is 0 Å². The number of rotatable bonds is 3. The van der Waals surface area contributed by atoms with Crippen LogP contribution in [0.3, 0.4) is 0 Å². The average molecular weight is 152 g/mol. The fraction of sp³-hybridized carbons (Fsp3) is 0.800. The molecule has 0 heterocycles. The Balaban J connectivity index is 2.40. The molecule has 1 heteroatoms. The molecule has 62 valence electrons. The van der Waals surface area contributed by atoms with E-state index in [1.54, 1.807) is 0 Å². The highest BCUT2D eigenvalue weighted by Crippen LogP contribution is 2.41. The first kappa shape index (κ1) is 8.62. The van der Waals surface area contributed by atoms with Crippen molar-refractivity contribution in [3.8, 4) is 12.3 Å². The quantitative estimate of drug-likeness (QED) is 0.613. The molecule has 0 saturated heterocycles. The highest BCUT2D eigenvalue weighted by Gasteiger charge is 2.31. The van der Waals surface area contributed by atoms with E-state index in [-0.39, 0.29) is 5.41 Å². The first-order chi connectivity index (χ1) is 5.33. The summed E-state index contributed by atoms with van der Waals surface area (Å²) in [5.74, 6) is 2.64. The summed E-state index contributed by atoms with van der Waals surface area (Å²) < 4.78 is 0. The molecule has 0 amide bonds. The van der Waals surface area contributed by atoms with Crippen molar-refractivity contribution in [2.45, 2.75) is 38.5 Å². The predicted molar refractivity (Wildman–Crippen MR) is 46.1 cm³/mol. The standard InChI is InChI=1S/C10H16O/c1-2-3-6-10(9-11)7-4-5-8-10/h1,11H,3-9H2. The number of hydrogen-bond donors (Lipinski definition) is 1. The summed E-state index contributed by atoms with van der Waals surface area (Å²) >= 11 is 0. The van der Waals surface area contributed by atoms with Crippen molar-refractivity contribution in [3.63, 3.8) is 0 Å². The van der Waals surface area contributed by atoms with E-state index in [4.69, 9.17) is 6.42 Å². The molecule has 0 aromatic heterocycles. The molecule has 1 N–H and O–H groups in total. The van der Waals surface area contributed by atoms with E-state index in [1.165, 1.54) is 25.7 Å². The van der Waals surface area contributed by atoms with Crippen LogP contribution in [0.2, 0.25) is 0 Å². The monoisotopic (exact) mass is 152 g/mol. The molecule has 1 fully saturated rings. The third-order valence-electron chi connectivity index (χ3n) is 2.80. The molecule has 1 rings (SSSR count). The van der Waals surface area contributed by atoms with Gasteiger partial charge in [0.2, 0.25) is 0 Å². The molecule has 0 unspecified atom stereocenters. The van der Waals surface area contributed by atoms with Crippen molar-refractivity contribution in [3.05, 3.63) is 0 Å². The molecular weight excluding hydrogens is 136 g/mol. The fourth-order valence-electron chi connectivity index (χ4n) is 1.95. The Bertz CT molecular complexity index is 149. The summed E-state index contributed by atoms with van der Waals surface area (Å²) in [7, 11) is 0. The van der Waals surface area contributed by atoms with Crippen LogP contribution in [0, 0.1) is 17.8 Å². The Morgan fingerprint density at radius 1 is 1.36 bits per heavy atom. The number of hydrogen-bond acceptors (Lipinski definition) is 1. The lowest BCUT2D eigenvalue weighted by Crippen LogP contribution is -2.20. The molecule has 0 radical (unpaired) electrons. The van der Waals surface area contributed by atoms with Gasteiger partial charge in [-0.05, 0) is 24.7 Å². The van der Waals surface area contributed by atoms with Crippen molar-refractivity contribution in [2.75, 3.05) is 6.61 Å². The van der Waals surface area contributed by atoms with Crippen LogP contribution in [-0.4, -0.2) is 11.7 Å². The van der Waals surface area contributed by atoms with E-state index in [1.807, 2.05) is 0 Å². The van der Waals surface area contributed by atoms with Crippen molar-refractivity contribution in [2.24, 2.45) is 5.41 Å². The zero-order valence-electron chi connectivity index (χ0n) is 6.97. The smallest absolute Gasteiger partial charge is 0.0487 e. The van der Waals surface area contributed by atoms with Gasteiger partial charge >= 0.3 is 0 Å². The molecule has 1 aliphatic rings. The third kappa shape index (κ3) is 1.97. The minimum atomic E-state index is 0.201. The molecule has 1 nitrogen and oxygen atoms in total. The highest BCUT2D eigenvalue weighted by molar-refractivity contribution is 4.91. The summed E-state index contributed by atoms with van der Waals surface area (Å²) in [5.41, 5.74) is 0.201. The van der Waals surface area contributed by atoms with Gasteiger partial charge in [-0.1, -0.05) is 12.8 Å². The van der Waals surface area contributed by atoms with Crippen LogP contribution in [0.15, 0.2) is 0 Å². The maximum atomic E-state index is 9.17. The molecule has 11 heavy (non-hydrogen) atoms. The second-order valence-electron chi connectivity index (χ2n) is 3.57. The summed E-state index contributed by atoms with van der Waals surface area (Å²) in [6, 6.07) is 0. The van der Waals surface area contributed by atoms with Crippen molar-refractivity contribution < 1.29 is 5.11 Å². The van der Waals surface area contributed by atoms with Crippen molar-refractivity contribution in [1.82, 2.24) is 0 Å².